The first-order chi connectivity index (χ1) is 4.93. The van der Waals surface area contributed by atoms with Gasteiger partial charge in [-0.1, -0.05) is 0 Å². The molecule has 0 aromatic carbocycles. The lowest BCUT2D eigenvalue weighted by molar-refractivity contribution is -0.156. The van der Waals surface area contributed by atoms with Crippen molar-refractivity contribution in [1.29, 1.82) is 0 Å². The highest BCUT2D eigenvalue weighted by Crippen LogP contribution is 2.16. The average molecular weight is 159 g/mol. The Kier molecular flexibility index (Phi) is 1.69. The van der Waals surface area contributed by atoms with Crippen LogP contribution in [0, 0.1) is 0 Å². The Morgan fingerprint density at radius 3 is 2.64 bits per heavy atom. The van der Waals surface area contributed by atoms with Gasteiger partial charge in [0, 0.05) is 6.42 Å². The minimum atomic E-state index is -1.63. The summed E-state index contributed by atoms with van der Waals surface area (Å²) in [6.07, 6.45) is -1.53. The molecule has 5 heteroatoms. The van der Waals surface area contributed by atoms with Gasteiger partial charge in [-0.3, -0.25) is 14.9 Å². The molecule has 0 aromatic heterocycles. The van der Waals surface area contributed by atoms with Crippen LogP contribution in [0.4, 0.5) is 0 Å². The molecule has 62 valence electrons. The van der Waals surface area contributed by atoms with E-state index in [0.717, 1.165) is 0 Å². The summed E-state index contributed by atoms with van der Waals surface area (Å²) >= 11 is 0. The van der Waals surface area contributed by atoms with E-state index in [1.807, 2.05) is 5.32 Å². The molecule has 11 heavy (non-hydrogen) atoms. The molecule has 2 amide bonds. The largest absolute Gasteiger partial charge is 0.383 e. The summed E-state index contributed by atoms with van der Waals surface area (Å²) in [6.45, 7) is 1.25. The predicted molar refractivity (Wildman–Crippen MR) is 34.4 cm³/mol. The quantitative estimate of drug-likeness (QED) is 0.362. The lowest BCUT2D eigenvalue weighted by atomic mass is 9.93. The number of aliphatic hydroxyl groups excluding tert-OH is 1. The van der Waals surface area contributed by atoms with Crippen LogP contribution in [0.5, 0.6) is 0 Å². The summed E-state index contributed by atoms with van der Waals surface area (Å²) in [5.74, 6) is -1.51. The Morgan fingerprint density at radius 2 is 2.18 bits per heavy atom. The van der Waals surface area contributed by atoms with Gasteiger partial charge in [0.2, 0.25) is 0 Å². The molecule has 2 unspecified atom stereocenters. The second kappa shape index (κ2) is 2.28. The molecular formula is C6H9NO4. The number of carbonyl (C=O) groups is 2. The standard InChI is InChI=1S/C6H9NO4/c1-6(11)2-3(8)4(9)7-5(6)10/h3,8,11H,2H2,1H3,(H,7,9,10). The van der Waals surface area contributed by atoms with E-state index in [1.54, 1.807) is 0 Å². The zero-order valence-electron chi connectivity index (χ0n) is 6.00. The van der Waals surface area contributed by atoms with E-state index in [1.165, 1.54) is 6.92 Å². The summed E-state index contributed by atoms with van der Waals surface area (Å²) in [4.78, 5) is 21.4. The van der Waals surface area contributed by atoms with Crippen LogP contribution in [0.25, 0.3) is 0 Å². The van der Waals surface area contributed by atoms with Crippen LogP contribution in [-0.2, 0) is 9.59 Å². The number of hydrogen-bond donors (Lipinski definition) is 3. The number of piperidine rings is 1. The van der Waals surface area contributed by atoms with Crippen molar-refractivity contribution in [2.24, 2.45) is 0 Å². The molecule has 0 aliphatic carbocycles. The first-order valence-electron chi connectivity index (χ1n) is 3.19. The molecule has 1 fully saturated rings. The van der Waals surface area contributed by atoms with Crippen molar-refractivity contribution in [1.82, 2.24) is 5.32 Å². The molecule has 0 radical (unpaired) electrons. The number of hydrogen-bond acceptors (Lipinski definition) is 4. The van der Waals surface area contributed by atoms with Crippen LogP contribution in [0.2, 0.25) is 0 Å². The van der Waals surface area contributed by atoms with Gasteiger partial charge in [0.1, 0.15) is 11.7 Å². The van der Waals surface area contributed by atoms with Crippen LogP contribution in [0.3, 0.4) is 0 Å². The third kappa shape index (κ3) is 1.38. The number of amides is 2. The van der Waals surface area contributed by atoms with E-state index in [2.05, 4.69) is 0 Å². The van der Waals surface area contributed by atoms with Gasteiger partial charge in [0.25, 0.3) is 11.8 Å². The zero-order valence-corrected chi connectivity index (χ0v) is 6.00. The number of aliphatic hydroxyl groups is 2. The highest BCUT2D eigenvalue weighted by Gasteiger charge is 2.41. The second-order valence-electron chi connectivity index (χ2n) is 2.81. The molecule has 1 saturated heterocycles. The zero-order chi connectivity index (χ0) is 8.65. The van der Waals surface area contributed by atoms with Crippen LogP contribution in [0.15, 0.2) is 0 Å². The van der Waals surface area contributed by atoms with Gasteiger partial charge in [-0.2, -0.15) is 0 Å². The van der Waals surface area contributed by atoms with Gasteiger partial charge in [0.05, 0.1) is 0 Å². The number of nitrogens with one attached hydrogen (secondary N) is 1. The Morgan fingerprint density at radius 1 is 1.64 bits per heavy atom. The van der Waals surface area contributed by atoms with E-state index in [0.29, 0.717) is 0 Å². The Bertz CT molecular complexity index is 211. The fourth-order valence-corrected chi connectivity index (χ4v) is 0.892. The highest BCUT2D eigenvalue weighted by molar-refractivity contribution is 6.03. The SMILES string of the molecule is CC1(O)CC(O)C(=O)NC1=O. The monoisotopic (exact) mass is 159 g/mol. The van der Waals surface area contributed by atoms with Crippen LogP contribution in [-0.4, -0.2) is 33.7 Å². The number of rotatable bonds is 0. The van der Waals surface area contributed by atoms with Crippen molar-refractivity contribution in [3.63, 3.8) is 0 Å². The van der Waals surface area contributed by atoms with Crippen LogP contribution in [0.1, 0.15) is 13.3 Å². The summed E-state index contributed by atoms with van der Waals surface area (Å²) < 4.78 is 0. The van der Waals surface area contributed by atoms with Gasteiger partial charge in [-0.25, -0.2) is 0 Å². The smallest absolute Gasteiger partial charge is 0.258 e. The molecule has 3 N–H and O–H groups in total. The maximum atomic E-state index is 10.8. The van der Waals surface area contributed by atoms with Crippen LogP contribution >= 0.6 is 0 Å². The lowest BCUT2D eigenvalue weighted by Crippen LogP contribution is -2.57. The minimum Gasteiger partial charge on any atom is -0.383 e. The third-order valence-corrected chi connectivity index (χ3v) is 1.62. The van der Waals surface area contributed by atoms with Gasteiger partial charge >= 0.3 is 0 Å². The van der Waals surface area contributed by atoms with E-state index in [9.17, 15) is 14.7 Å². The first kappa shape index (κ1) is 8.16. The summed E-state index contributed by atoms with van der Waals surface area (Å²) in [5.41, 5.74) is -1.63. The van der Waals surface area contributed by atoms with Crippen molar-refractivity contribution in [3.8, 4) is 0 Å². The van der Waals surface area contributed by atoms with Gasteiger partial charge in [-0.05, 0) is 6.92 Å². The van der Waals surface area contributed by atoms with E-state index in [-0.39, 0.29) is 6.42 Å². The van der Waals surface area contributed by atoms with E-state index in [4.69, 9.17) is 5.11 Å². The van der Waals surface area contributed by atoms with Crippen molar-refractivity contribution in [3.05, 3.63) is 0 Å². The molecule has 1 heterocycles. The van der Waals surface area contributed by atoms with Crippen LogP contribution < -0.4 is 5.32 Å². The van der Waals surface area contributed by atoms with Gasteiger partial charge in [0.15, 0.2) is 0 Å². The maximum absolute atomic E-state index is 10.8. The summed E-state index contributed by atoms with van der Waals surface area (Å²) in [5, 5.41) is 20.0. The molecule has 2 atom stereocenters. The average Bonchev–Trinajstić information content (AvgIpc) is 1.83. The molecule has 0 bridgehead atoms. The Labute approximate surface area is 63.0 Å². The van der Waals surface area contributed by atoms with Crippen molar-refractivity contribution >= 4 is 11.8 Å². The third-order valence-electron chi connectivity index (χ3n) is 1.62. The predicted octanol–water partition coefficient (Wildman–Crippen LogP) is -1.86. The minimum absolute atomic E-state index is 0.238. The second-order valence-corrected chi connectivity index (χ2v) is 2.81. The molecule has 1 rings (SSSR count). The molecule has 0 spiro atoms. The van der Waals surface area contributed by atoms with Gasteiger partial charge in [-0.15, -0.1) is 0 Å². The Balaban J connectivity index is 2.79. The molecule has 1 aliphatic heterocycles. The summed E-state index contributed by atoms with van der Waals surface area (Å²) in [7, 11) is 0. The summed E-state index contributed by atoms with van der Waals surface area (Å²) in [6, 6.07) is 0. The molecule has 0 aromatic rings. The Hall–Kier alpha value is -0.940. The van der Waals surface area contributed by atoms with Gasteiger partial charge < -0.3 is 10.2 Å². The topological polar surface area (TPSA) is 86.6 Å². The fourth-order valence-electron chi connectivity index (χ4n) is 0.892. The normalized spacial score (nSPS) is 38.6. The molecule has 5 nitrogen and oxygen atoms in total. The lowest BCUT2D eigenvalue weighted by Gasteiger charge is -2.28. The van der Waals surface area contributed by atoms with E-state index >= 15 is 0 Å². The fraction of sp³-hybridized carbons (Fsp3) is 0.667. The molecule has 0 saturated carbocycles. The first-order valence-corrected chi connectivity index (χ1v) is 3.19. The van der Waals surface area contributed by atoms with E-state index < -0.39 is 23.5 Å². The number of carbonyl (C=O) groups excluding carboxylic acids is 2. The maximum Gasteiger partial charge on any atom is 0.258 e. The van der Waals surface area contributed by atoms with Crippen molar-refractivity contribution in [2.45, 2.75) is 25.0 Å². The highest BCUT2D eigenvalue weighted by atomic mass is 16.3. The van der Waals surface area contributed by atoms with Crippen molar-refractivity contribution in [2.75, 3.05) is 0 Å². The molecular weight excluding hydrogens is 150 g/mol. The number of imide groups is 1. The molecule has 1 aliphatic rings. The van der Waals surface area contributed by atoms with Crippen molar-refractivity contribution < 1.29 is 19.8 Å².